The Morgan fingerprint density at radius 1 is 1.08 bits per heavy atom. The van der Waals surface area contributed by atoms with Crippen molar-refractivity contribution < 1.29 is 14.0 Å². The quantitative estimate of drug-likeness (QED) is 0.185. The lowest BCUT2D eigenvalue weighted by atomic mass is 10.1. The number of furan rings is 1. The summed E-state index contributed by atoms with van der Waals surface area (Å²) < 4.78 is 6.72. The Balaban J connectivity index is 1.46. The first-order valence-corrected chi connectivity index (χ1v) is 12.4. The van der Waals surface area contributed by atoms with Gasteiger partial charge in [-0.25, -0.2) is 4.98 Å². The van der Waals surface area contributed by atoms with Gasteiger partial charge in [0.2, 0.25) is 5.91 Å². The van der Waals surface area contributed by atoms with Crippen molar-refractivity contribution in [2.45, 2.75) is 24.7 Å². The van der Waals surface area contributed by atoms with Gasteiger partial charge in [-0.2, -0.15) is 0 Å². The van der Waals surface area contributed by atoms with Gasteiger partial charge in [0.25, 0.3) is 11.5 Å². The van der Waals surface area contributed by atoms with Crippen molar-refractivity contribution in [1.82, 2.24) is 20.2 Å². The van der Waals surface area contributed by atoms with E-state index in [0.29, 0.717) is 33.9 Å². The summed E-state index contributed by atoms with van der Waals surface area (Å²) in [5.74, 6) is 0.280. The number of hydrogen-bond acceptors (Lipinski definition) is 6. The molecule has 0 aliphatic carbocycles. The molecule has 0 bridgehead atoms. The maximum Gasteiger partial charge on any atom is 0.262 e. The Kier molecular flexibility index (Phi) is 8.36. The Hall–Kier alpha value is -4.11. The largest absolute Gasteiger partial charge is 0.467 e. The Morgan fingerprint density at radius 3 is 2.67 bits per heavy atom. The fraction of sp³-hybridized carbons (Fsp3) is 0.185. The average Bonchev–Trinajstić information content (AvgIpc) is 3.42. The summed E-state index contributed by atoms with van der Waals surface area (Å²) in [4.78, 5) is 42.7. The highest BCUT2D eigenvalue weighted by atomic mass is 32.2. The van der Waals surface area contributed by atoms with Gasteiger partial charge in [-0.1, -0.05) is 48.2 Å². The number of allylic oxidation sites excluding steroid dienone is 1. The summed E-state index contributed by atoms with van der Waals surface area (Å²) in [6, 6.07) is 18.2. The molecule has 0 aliphatic rings. The lowest BCUT2D eigenvalue weighted by Crippen LogP contribution is -2.28. The maximum absolute atomic E-state index is 13.1. The van der Waals surface area contributed by atoms with Crippen molar-refractivity contribution >= 4 is 34.5 Å². The highest BCUT2D eigenvalue weighted by molar-refractivity contribution is 7.99. The molecule has 0 spiro atoms. The Morgan fingerprint density at radius 2 is 1.92 bits per heavy atom. The number of thioether (sulfide) groups is 1. The first-order valence-electron chi connectivity index (χ1n) is 11.4. The fourth-order valence-corrected chi connectivity index (χ4v) is 4.44. The smallest absolute Gasteiger partial charge is 0.262 e. The number of benzene rings is 2. The number of aromatic nitrogens is 2. The molecule has 2 heterocycles. The second kappa shape index (κ2) is 12.0. The summed E-state index contributed by atoms with van der Waals surface area (Å²) in [6.07, 6.45) is 3.88. The number of amides is 2. The number of rotatable bonds is 11. The Labute approximate surface area is 212 Å². The van der Waals surface area contributed by atoms with E-state index in [1.165, 1.54) is 16.3 Å². The van der Waals surface area contributed by atoms with E-state index in [0.717, 1.165) is 12.0 Å². The molecule has 184 valence electrons. The molecular weight excluding hydrogens is 476 g/mol. The second-order valence-corrected chi connectivity index (χ2v) is 8.91. The first kappa shape index (κ1) is 25.0. The van der Waals surface area contributed by atoms with Crippen LogP contribution in [-0.4, -0.2) is 33.7 Å². The van der Waals surface area contributed by atoms with E-state index < -0.39 is 0 Å². The van der Waals surface area contributed by atoms with E-state index >= 15 is 0 Å². The minimum absolute atomic E-state index is 0.104. The summed E-state index contributed by atoms with van der Waals surface area (Å²) in [7, 11) is 0. The van der Waals surface area contributed by atoms with Gasteiger partial charge in [-0.15, -0.1) is 6.58 Å². The monoisotopic (exact) mass is 502 g/mol. The van der Waals surface area contributed by atoms with Crippen LogP contribution in [0.25, 0.3) is 10.9 Å². The molecule has 2 aromatic carbocycles. The zero-order chi connectivity index (χ0) is 25.3. The van der Waals surface area contributed by atoms with Gasteiger partial charge in [0.15, 0.2) is 5.16 Å². The Bertz CT molecular complexity index is 1420. The molecule has 2 aromatic heterocycles. The predicted octanol–water partition coefficient (Wildman–Crippen LogP) is 3.56. The zero-order valence-corrected chi connectivity index (χ0v) is 20.4. The molecule has 2 N–H and O–H groups in total. The molecule has 4 rings (SSSR count). The highest BCUT2D eigenvalue weighted by Crippen LogP contribution is 2.19. The summed E-state index contributed by atoms with van der Waals surface area (Å²) >= 11 is 1.17. The first-order chi connectivity index (χ1) is 17.5. The van der Waals surface area contributed by atoms with Crippen LogP contribution in [0.15, 0.2) is 93.9 Å². The fourth-order valence-electron chi connectivity index (χ4n) is 3.60. The number of nitrogens with one attached hydrogen (secondary N) is 2. The third-order valence-electron chi connectivity index (χ3n) is 5.41. The lowest BCUT2D eigenvalue weighted by Gasteiger charge is -2.12. The molecule has 8 nitrogen and oxygen atoms in total. The molecular formula is C27H26N4O4S. The van der Waals surface area contributed by atoms with Crippen molar-refractivity contribution in [3.05, 3.63) is 107 Å². The van der Waals surface area contributed by atoms with Crippen LogP contribution < -0.4 is 16.2 Å². The number of carbonyl (C=O) groups is 2. The number of fused-ring (bicyclic) bond motifs is 1. The molecule has 2 amide bonds. The van der Waals surface area contributed by atoms with Crippen LogP contribution in [0.4, 0.5) is 0 Å². The van der Waals surface area contributed by atoms with E-state index in [1.54, 1.807) is 42.7 Å². The average molecular weight is 503 g/mol. The van der Waals surface area contributed by atoms with Gasteiger partial charge in [0, 0.05) is 18.7 Å². The molecule has 0 aliphatic heterocycles. The molecule has 9 heteroatoms. The van der Waals surface area contributed by atoms with Crippen molar-refractivity contribution in [2.24, 2.45) is 0 Å². The topological polar surface area (TPSA) is 106 Å². The summed E-state index contributed by atoms with van der Waals surface area (Å²) in [5, 5.41) is 6.45. The van der Waals surface area contributed by atoms with Gasteiger partial charge >= 0.3 is 0 Å². The number of nitrogens with zero attached hydrogens (tertiary/aromatic N) is 2. The van der Waals surface area contributed by atoms with E-state index in [1.807, 2.05) is 30.3 Å². The normalized spacial score (nSPS) is 10.8. The lowest BCUT2D eigenvalue weighted by molar-refractivity contribution is -0.118. The van der Waals surface area contributed by atoms with E-state index in [-0.39, 0.29) is 36.2 Å². The summed E-state index contributed by atoms with van der Waals surface area (Å²) in [6.45, 7) is 4.75. The van der Waals surface area contributed by atoms with Crippen LogP contribution in [0.5, 0.6) is 0 Å². The van der Waals surface area contributed by atoms with E-state index in [9.17, 15) is 14.4 Å². The SMILES string of the molecule is C=CCn1c(SCC(=O)NCCc2ccccc2)nc2cc(C(=O)NCc3ccco3)ccc2c1=O. The minimum atomic E-state index is -0.308. The second-order valence-electron chi connectivity index (χ2n) is 7.97. The van der Waals surface area contributed by atoms with Crippen LogP contribution in [0.1, 0.15) is 21.7 Å². The van der Waals surface area contributed by atoms with Gasteiger partial charge in [-0.05, 0) is 42.3 Å². The van der Waals surface area contributed by atoms with Crippen molar-refractivity contribution in [2.75, 3.05) is 12.3 Å². The number of carbonyl (C=O) groups excluding carboxylic acids is 2. The third kappa shape index (κ3) is 6.31. The van der Waals surface area contributed by atoms with Gasteiger partial charge in [0.05, 0.1) is 29.5 Å². The third-order valence-corrected chi connectivity index (χ3v) is 6.38. The van der Waals surface area contributed by atoms with Crippen LogP contribution in [0.3, 0.4) is 0 Å². The van der Waals surface area contributed by atoms with Crippen LogP contribution in [-0.2, 0) is 24.3 Å². The van der Waals surface area contributed by atoms with Crippen molar-refractivity contribution in [3.8, 4) is 0 Å². The van der Waals surface area contributed by atoms with Gasteiger partial charge < -0.3 is 15.1 Å². The van der Waals surface area contributed by atoms with Crippen LogP contribution in [0.2, 0.25) is 0 Å². The molecule has 0 fully saturated rings. The zero-order valence-electron chi connectivity index (χ0n) is 19.6. The summed E-state index contributed by atoms with van der Waals surface area (Å²) in [5.41, 5.74) is 1.65. The molecule has 0 radical (unpaired) electrons. The molecule has 36 heavy (non-hydrogen) atoms. The van der Waals surface area contributed by atoms with E-state index in [2.05, 4.69) is 22.2 Å². The van der Waals surface area contributed by atoms with Gasteiger partial charge in [-0.3, -0.25) is 19.0 Å². The van der Waals surface area contributed by atoms with Crippen LogP contribution in [0, 0.1) is 0 Å². The molecule has 0 saturated heterocycles. The van der Waals surface area contributed by atoms with E-state index in [4.69, 9.17) is 4.42 Å². The predicted molar refractivity (Wildman–Crippen MR) is 140 cm³/mol. The highest BCUT2D eigenvalue weighted by Gasteiger charge is 2.15. The maximum atomic E-state index is 13.1. The molecule has 0 atom stereocenters. The van der Waals surface area contributed by atoms with Crippen LogP contribution >= 0.6 is 11.8 Å². The molecule has 0 saturated carbocycles. The molecule has 4 aromatic rings. The number of hydrogen-bond donors (Lipinski definition) is 2. The van der Waals surface area contributed by atoms with Crippen molar-refractivity contribution in [1.29, 1.82) is 0 Å². The van der Waals surface area contributed by atoms with Crippen molar-refractivity contribution in [3.63, 3.8) is 0 Å². The minimum Gasteiger partial charge on any atom is -0.467 e. The molecule has 0 unspecified atom stereocenters. The van der Waals surface area contributed by atoms with Gasteiger partial charge in [0.1, 0.15) is 5.76 Å². The standard InChI is InChI=1S/C27H26N4O4S/c1-2-14-31-26(34)22-11-10-20(25(33)29-17-21-9-6-15-35-21)16-23(22)30-27(31)36-18-24(32)28-13-12-19-7-4-3-5-8-19/h2-11,15-16H,1,12-14,17-18H2,(H,28,32)(H,29,33).